The van der Waals surface area contributed by atoms with Gasteiger partial charge in [0.2, 0.25) is 5.91 Å². The van der Waals surface area contributed by atoms with Gasteiger partial charge in [-0.25, -0.2) is 4.39 Å². The number of aliphatic hydroxyl groups excluding tert-OH is 1. The van der Waals surface area contributed by atoms with Crippen LogP contribution in [0.15, 0.2) is 53.0 Å². The topological polar surface area (TPSA) is 90.5 Å². The zero-order valence-electron chi connectivity index (χ0n) is 13.6. The van der Waals surface area contributed by atoms with Crippen LogP contribution in [0.3, 0.4) is 0 Å². The van der Waals surface area contributed by atoms with Crippen molar-refractivity contribution < 1.29 is 19.1 Å². The van der Waals surface area contributed by atoms with E-state index in [1.807, 2.05) is 12.1 Å². The summed E-state index contributed by atoms with van der Waals surface area (Å²) in [6.07, 6.45) is -2.10. The third kappa shape index (κ3) is 4.27. The van der Waals surface area contributed by atoms with E-state index in [9.17, 15) is 19.1 Å². The Hall–Kier alpha value is -2.29. The molecular formula is C18H17BrFN3O3. The second-order valence-electron chi connectivity index (χ2n) is 5.93. The summed E-state index contributed by atoms with van der Waals surface area (Å²) in [6, 6.07) is 11.8. The van der Waals surface area contributed by atoms with Gasteiger partial charge in [0.05, 0.1) is 0 Å². The van der Waals surface area contributed by atoms with Crippen LogP contribution >= 0.6 is 15.9 Å². The van der Waals surface area contributed by atoms with Gasteiger partial charge < -0.3 is 15.7 Å². The normalized spacial score (nSPS) is 22.6. The predicted octanol–water partition coefficient (Wildman–Crippen LogP) is 1.35. The molecule has 3 rings (SSSR count). The lowest BCUT2D eigenvalue weighted by atomic mass is 10.0. The van der Waals surface area contributed by atoms with Crippen LogP contribution in [0.25, 0.3) is 0 Å². The molecule has 0 radical (unpaired) electrons. The van der Waals surface area contributed by atoms with Gasteiger partial charge in [0.25, 0.3) is 5.91 Å². The molecule has 1 saturated heterocycles. The molecule has 6 nitrogen and oxygen atoms in total. The van der Waals surface area contributed by atoms with E-state index >= 15 is 0 Å². The monoisotopic (exact) mass is 421 g/mol. The number of nitrogens with one attached hydrogen (secondary N) is 3. The molecule has 3 unspecified atom stereocenters. The zero-order valence-corrected chi connectivity index (χ0v) is 15.2. The van der Waals surface area contributed by atoms with Crippen LogP contribution in [0.4, 0.5) is 4.39 Å². The van der Waals surface area contributed by atoms with Crippen LogP contribution in [-0.2, 0) is 16.1 Å². The van der Waals surface area contributed by atoms with Crippen LogP contribution in [0.1, 0.15) is 17.3 Å². The number of halogens is 2. The summed E-state index contributed by atoms with van der Waals surface area (Å²) in [6.45, 7) is 0.161. The maximum atomic E-state index is 12.9. The van der Waals surface area contributed by atoms with E-state index in [4.69, 9.17) is 0 Å². The highest BCUT2D eigenvalue weighted by Crippen LogP contribution is 2.19. The van der Waals surface area contributed by atoms with E-state index in [1.54, 1.807) is 24.3 Å². The molecular weight excluding hydrogens is 405 g/mol. The lowest BCUT2D eigenvalue weighted by Crippen LogP contribution is -2.64. The Morgan fingerprint density at radius 3 is 2.46 bits per heavy atom. The van der Waals surface area contributed by atoms with Gasteiger partial charge in [-0.15, -0.1) is 0 Å². The molecule has 0 bridgehead atoms. The summed E-state index contributed by atoms with van der Waals surface area (Å²) in [7, 11) is 0. The molecule has 3 atom stereocenters. The molecule has 4 N–H and O–H groups in total. The summed E-state index contributed by atoms with van der Waals surface area (Å²) in [5, 5.41) is 18.3. The second kappa shape index (κ2) is 7.94. The number of hydrogen-bond acceptors (Lipinski definition) is 4. The van der Waals surface area contributed by atoms with E-state index in [0.717, 1.165) is 10.0 Å². The minimum absolute atomic E-state index is 0.161. The molecule has 2 aromatic rings. The number of benzene rings is 2. The van der Waals surface area contributed by atoms with Crippen LogP contribution in [0.5, 0.6) is 0 Å². The first-order valence-electron chi connectivity index (χ1n) is 7.96. The lowest BCUT2D eigenvalue weighted by molar-refractivity contribution is -0.142. The van der Waals surface area contributed by atoms with Crippen LogP contribution < -0.4 is 16.0 Å². The number of carbonyl (C=O) groups excluding carboxylic acids is 2. The Bertz CT molecular complexity index is 798. The minimum Gasteiger partial charge on any atom is -0.381 e. The van der Waals surface area contributed by atoms with Gasteiger partial charge in [0.1, 0.15) is 18.0 Å². The second-order valence-corrected chi connectivity index (χ2v) is 6.84. The quantitative estimate of drug-likeness (QED) is 0.599. The molecule has 136 valence electrons. The number of hydrogen-bond donors (Lipinski definition) is 4. The molecule has 1 aliphatic heterocycles. The molecule has 26 heavy (non-hydrogen) atoms. The van der Waals surface area contributed by atoms with Gasteiger partial charge in [-0.2, -0.15) is 0 Å². The van der Waals surface area contributed by atoms with Gasteiger partial charge in [-0.1, -0.05) is 40.2 Å². The molecule has 1 fully saturated rings. The smallest absolute Gasteiger partial charge is 0.252 e. The highest BCUT2D eigenvalue weighted by molar-refractivity contribution is 9.10. The highest BCUT2D eigenvalue weighted by Gasteiger charge is 2.39. The highest BCUT2D eigenvalue weighted by atomic mass is 79.9. The minimum atomic E-state index is -1.50. The largest absolute Gasteiger partial charge is 0.381 e. The first-order chi connectivity index (χ1) is 12.4. The Labute approximate surface area is 157 Å². The van der Waals surface area contributed by atoms with Crippen molar-refractivity contribution in [2.75, 3.05) is 0 Å². The Morgan fingerprint density at radius 1 is 1.15 bits per heavy atom. The summed E-state index contributed by atoms with van der Waals surface area (Å²) >= 11 is 3.34. The van der Waals surface area contributed by atoms with E-state index in [-0.39, 0.29) is 12.4 Å². The SMILES string of the molecule is O=C1NC(c2ccc(Br)cc2)NC(C(=O)NCc2ccc(F)cc2)C1O. The number of aliphatic hydroxyl groups is 1. The molecule has 8 heteroatoms. The fourth-order valence-corrected chi connectivity index (χ4v) is 2.91. The molecule has 0 saturated carbocycles. The Kier molecular flexibility index (Phi) is 5.65. The van der Waals surface area contributed by atoms with Crippen molar-refractivity contribution in [3.8, 4) is 0 Å². The average molecular weight is 422 g/mol. The van der Waals surface area contributed by atoms with Crippen LogP contribution in [0.2, 0.25) is 0 Å². The lowest BCUT2D eigenvalue weighted by Gasteiger charge is -2.34. The molecule has 1 heterocycles. The van der Waals surface area contributed by atoms with Gasteiger partial charge in [-0.3, -0.25) is 14.9 Å². The average Bonchev–Trinajstić information content (AvgIpc) is 2.64. The van der Waals surface area contributed by atoms with Crippen molar-refractivity contribution in [1.82, 2.24) is 16.0 Å². The van der Waals surface area contributed by atoms with E-state index in [1.165, 1.54) is 12.1 Å². The summed E-state index contributed by atoms with van der Waals surface area (Å²) in [5.74, 6) is -1.50. The fraction of sp³-hybridized carbons (Fsp3) is 0.222. The van der Waals surface area contributed by atoms with Crippen molar-refractivity contribution in [3.05, 3.63) is 69.9 Å². The maximum Gasteiger partial charge on any atom is 0.252 e. The molecule has 2 aromatic carbocycles. The molecule has 2 amide bonds. The fourth-order valence-electron chi connectivity index (χ4n) is 2.65. The molecule has 0 aromatic heterocycles. The maximum absolute atomic E-state index is 12.9. The van der Waals surface area contributed by atoms with Gasteiger partial charge in [0, 0.05) is 11.0 Å². The van der Waals surface area contributed by atoms with Crippen molar-refractivity contribution in [2.45, 2.75) is 24.9 Å². The van der Waals surface area contributed by atoms with Crippen molar-refractivity contribution in [3.63, 3.8) is 0 Å². The number of carbonyl (C=O) groups is 2. The van der Waals surface area contributed by atoms with E-state index in [0.29, 0.717) is 5.56 Å². The summed E-state index contributed by atoms with van der Waals surface area (Å²) < 4.78 is 13.8. The van der Waals surface area contributed by atoms with Gasteiger partial charge >= 0.3 is 0 Å². The summed E-state index contributed by atoms with van der Waals surface area (Å²) in [4.78, 5) is 24.5. The van der Waals surface area contributed by atoms with Gasteiger partial charge in [-0.05, 0) is 35.4 Å². The van der Waals surface area contributed by atoms with E-state index in [2.05, 4.69) is 31.9 Å². The molecule has 0 spiro atoms. The van der Waals surface area contributed by atoms with Crippen LogP contribution in [0, 0.1) is 5.82 Å². The predicted molar refractivity (Wildman–Crippen MR) is 96.2 cm³/mol. The molecule has 1 aliphatic rings. The van der Waals surface area contributed by atoms with Crippen molar-refractivity contribution in [2.24, 2.45) is 0 Å². The first kappa shape index (κ1) is 18.5. The number of amides is 2. The Morgan fingerprint density at radius 2 is 1.81 bits per heavy atom. The van der Waals surface area contributed by atoms with Crippen molar-refractivity contribution >= 4 is 27.7 Å². The standard InChI is InChI=1S/C18H17BrFN3O3/c19-12-5-3-11(4-6-12)16-22-14(15(24)18(26)23-16)17(25)21-9-10-1-7-13(20)8-2-10/h1-8,14-16,22,24H,9H2,(H,21,25)(H,23,26). The third-order valence-electron chi connectivity index (χ3n) is 4.08. The third-order valence-corrected chi connectivity index (χ3v) is 4.61. The first-order valence-corrected chi connectivity index (χ1v) is 8.75. The zero-order chi connectivity index (χ0) is 18.7. The van der Waals surface area contributed by atoms with Crippen molar-refractivity contribution in [1.29, 1.82) is 0 Å². The van der Waals surface area contributed by atoms with Gasteiger partial charge in [0.15, 0.2) is 6.10 Å². The van der Waals surface area contributed by atoms with Crippen LogP contribution in [-0.4, -0.2) is 29.1 Å². The van der Waals surface area contributed by atoms with E-state index < -0.39 is 30.1 Å². The number of rotatable bonds is 4. The molecule has 0 aliphatic carbocycles. The summed E-state index contributed by atoms with van der Waals surface area (Å²) in [5.41, 5.74) is 1.46. The Balaban J connectivity index is 1.68.